The van der Waals surface area contributed by atoms with Gasteiger partial charge < -0.3 is 9.40 Å². The van der Waals surface area contributed by atoms with Crippen molar-refractivity contribution in [1.29, 1.82) is 0 Å². The number of H-pyrrole nitrogens is 1. The second-order valence-corrected chi connectivity index (χ2v) is 7.91. The zero-order chi connectivity index (χ0) is 17.7. The number of aromatic amines is 1. The van der Waals surface area contributed by atoms with Crippen LogP contribution in [0.15, 0.2) is 31.9 Å². The first-order chi connectivity index (χ1) is 11.9. The molecule has 0 spiro atoms. The number of likely N-dealkylation sites (N-methyl/N-ethyl adjacent to an activating group) is 1. The number of hydrogen-bond donors (Lipinski definition) is 1. The molecule has 3 aromatic rings. The van der Waals surface area contributed by atoms with E-state index in [1.54, 1.807) is 0 Å². The Bertz CT molecular complexity index is 984. The van der Waals surface area contributed by atoms with Crippen LogP contribution >= 0.6 is 15.9 Å². The van der Waals surface area contributed by atoms with E-state index in [2.05, 4.69) is 51.6 Å². The van der Waals surface area contributed by atoms with Crippen LogP contribution in [0, 0.1) is 0 Å². The van der Waals surface area contributed by atoms with Gasteiger partial charge in [0.1, 0.15) is 16.9 Å². The van der Waals surface area contributed by atoms with Gasteiger partial charge in [0.25, 0.3) is 5.56 Å². The molecule has 0 aliphatic carbocycles. The first kappa shape index (κ1) is 16.8. The van der Waals surface area contributed by atoms with Gasteiger partial charge in [0, 0.05) is 35.0 Å². The average molecular weight is 405 g/mol. The van der Waals surface area contributed by atoms with Crippen LogP contribution in [0.5, 0.6) is 0 Å². The third-order valence-corrected chi connectivity index (χ3v) is 5.64. The lowest BCUT2D eigenvalue weighted by molar-refractivity contribution is 0.0542. The lowest BCUT2D eigenvalue weighted by Crippen LogP contribution is -2.54. The van der Waals surface area contributed by atoms with E-state index >= 15 is 0 Å². The van der Waals surface area contributed by atoms with Crippen molar-refractivity contribution >= 4 is 38.0 Å². The number of nitrogens with one attached hydrogen (secondary N) is 1. The van der Waals surface area contributed by atoms with E-state index < -0.39 is 0 Å². The molecule has 1 N–H and O–H groups in total. The van der Waals surface area contributed by atoms with Crippen molar-refractivity contribution in [3.8, 4) is 0 Å². The number of benzene rings is 1. The molecule has 7 heteroatoms. The van der Waals surface area contributed by atoms with Crippen LogP contribution in [0.2, 0.25) is 0 Å². The van der Waals surface area contributed by atoms with E-state index in [-0.39, 0.29) is 11.1 Å². The molecule has 132 valence electrons. The molecule has 2 aromatic heterocycles. The van der Waals surface area contributed by atoms with E-state index in [0.29, 0.717) is 35.6 Å². The molecule has 1 aromatic carbocycles. The Morgan fingerprint density at radius 2 is 2.04 bits per heavy atom. The average Bonchev–Trinajstić information content (AvgIpc) is 2.91. The molecule has 0 unspecified atom stereocenters. The molecule has 2 atom stereocenters. The molecule has 0 saturated carbocycles. The summed E-state index contributed by atoms with van der Waals surface area (Å²) < 4.78 is 6.62. The number of rotatable bonds is 2. The van der Waals surface area contributed by atoms with Crippen LogP contribution in [-0.2, 0) is 6.54 Å². The van der Waals surface area contributed by atoms with E-state index in [1.165, 1.54) is 0 Å². The van der Waals surface area contributed by atoms with Gasteiger partial charge in [-0.1, -0.05) is 15.9 Å². The van der Waals surface area contributed by atoms with Crippen molar-refractivity contribution in [2.24, 2.45) is 0 Å². The fraction of sp³-hybridized carbons (Fsp3) is 0.444. The fourth-order valence-electron chi connectivity index (χ4n) is 3.60. The number of furan rings is 1. The molecule has 0 radical (unpaired) electrons. The van der Waals surface area contributed by atoms with Gasteiger partial charge in [0.05, 0.1) is 6.54 Å². The summed E-state index contributed by atoms with van der Waals surface area (Å²) in [7, 11) is 2.16. The van der Waals surface area contributed by atoms with Gasteiger partial charge in [0.15, 0.2) is 0 Å². The van der Waals surface area contributed by atoms with Gasteiger partial charge in [-0.25, -0.2) is 4.98 Å². The highest BCUT2D eigenvalue weighted by Gasteiger charge is 2.27. The van der Waals surface area contributed by atoms with Gasteiger partial charge in [-0.3, -0.25) is 14.6 Å². The summed E-state index contributed by atoms with van der Waals surface area (Å²) in [5.74, 6) is 0.684. The number of fused-ring (bicyclic) bond motifs is 3. The van der Waals surface area contributed by atoms with Gasteiger partial charge in [0.2, 0.25) is 5.58 Å². The first-order valence-electron chi connectivity index (χ1n) is 8.47. The maximum atomic E-state index is 12.4. The van der Waals surface area contributed by atoms with Crippen LogP contribution in [-0.4, -0.2) is 52.0 Å². The molecule has 1 aliphatic rings. The minimum absolute atomic E-state index is 0.220. The van der Waals surface area contributed by atoms with Crippen molar-refractivity contribution in [2.75, 3.05) is 20.1 Å². The summed E-state index contributed by atoms with van der Waals surface area (Å²) >= 11 is 3.47. The minimum atomic E-state index is -0.220. The van der Waals surface area contributed by atoms with Crippen LogP contribution in [0.3, 0.4) is 0 Å². The molecule has 1 fully saturated rings. The van der Waals surface area contributed by atoms with Crippen molar-refractivity contribution < 1.29 is 4.42 Å². The SMILES string of the molecule is C[C@@H]1CN(Cc2nc3c(oc4ccc(Br)cc43)c(=O)[nH]2)C[C@H](C)N1C. The van der Waals surface area contributed by atoms with Crippen LogP contribution in [0.25, 0.3) is 22.1 Å². The summed E-state index contributed by atoms with van der Waals surface area (Å²) in [5, 5.41) is 0.858. The van der Waals surface area contributed by atoms with E-state index in [9.17, 15) is 4.79 Å². The van der Waals surface area contributed by atoms with E-state index in [0.717, 1.165) is 22.9 Å². The van der Waals surface area contributed by atoms with Gasteiger partial charge in [-0.2, -0.15) is 0 Å². The maximum absolute atomic E-state index is 12.4. The van der Waals surface area contributed by atoms with Crippen LogP contribution < -0.4 is 5.56 Å². The zero-order valence-electron chi connectivity index (χ0n) is 14.5. The van der Waals surface area contributed by atoms with Crippen molar-refractivity contribution in [2.45, 2.75) is 32.5 Å². The molecule has 25 heavy (non-hydrogen) atoms. The number of nitrogens with zero attached hydrogens (tertiary/aromatic N) is 3. The molecule has 1 aliphatic heterocycles. The summed E-state index contributed by atoms with van der Waals surface area (Å²) in [6.45, 7) is 7.00. The summed E-state index contributed by atoms with van der Waals surface area (Å²) in [6, 6.07) is 6.64. The standard InChI is InChI=1S/C18H21BrN4O2/c1-10-7-23(8-11(2)22(10)3)9-15-20-16-13-6-12(19)4-5-14(13)25-17(16)18(24)21-15/h4-6,10-11H,7-9H2,1-3H3,(H,20,21,24)/t10-,11+. The monoisotopic (exact) mass is 404 g/mol. The topological polar surface area (TPSA) is 65.4 Å². The molecular weight excluding hydrogens is 384 g/mol. The summed E-state index contributed by atoms with van der Waals surface area (Å²) in [5.41, 5.74) is 1.37. The molecule has 0 bridgehead atoms. The third kappa shape index (κ3) is 3.01. The Labute approximate surface area is 153 Å². The minimum Gasteiger partial charge on any atom is -0.449 e. The lowest BCUT2D eigenvalue weighted by atomic mass is 10.1. The Hall–Kier alpha value is -1.70. The Balaban J connectivity index is 1.72. The Kier molecular flexibility index (Phi) is 4.17. The van der Waals surface area contributed by atoms with Crippen LogP contribution in [0.4, 0.5) is 0 Å². The van der Waals surface area contributed by atoms with Gasteiger partial charge in [-0.15, -0.1) is 0 Å². The highest BCUT2D eigenvalue weighted by Crippen LogP contribution is 2.28. The Morgan fingerprint density at radius 1 is 1.32 bits per heavy atom. The quantitative estimate of drug-likeness (QED) is 0.710. The first-order valence-corrected chi connectivity index (χ1v) is 9.27. The zero-order valence-corrected chi connectivity index (χ0v) is 16.1. The highest BCUT2D eigenvalue weighted by molar-refractivity contribution is 9.10. The molecule has 0 amide bonds. The van der Waals surface area contributed by atoms with Crippen molar-refractivity contribution in [3.63, 3.8) is 0 Å². The molecular formula is C18H21BrN4O2. The maximum Gasteiger partial charge on any atom is 0.294 e. The number of piperazine rings is 1. The van der Waals surface area contributed by atoms with Gasteiger partial charge >= 0.3 is 0 Å². The van der Waals surface area contributed by atoms with E-state index in [4.69, 9.17) is 9.40 Å². The number of hydrogen-bond acceptors (Lipinski definition) is 5. The fourth-order valence-corrected chi connectivity index (χ4v) is 3.96. The second-order valence-electron chi connectivity index (χ2n) is 6.99. The van der Waals surface area contributed by atoms with Crippen LogP contribution in [0.1, 0.15) is 19.7 Å². The largest absolute Gasteiger partial charge is 0.449 e. The van der Waals surface area contributed by atoms with Crippen molar-refractivity contribution in [1.82, 2.24) is 19.8 Å². The van der Waals surface area contributed by atoms with Gasteiger partial charge in [-0.05, 0) is 39.1 Å². The summed E-state index contributed by atoms with van der Waals surface area (Å²) in [4.78, 5) is 24.8. The summed E-state index contributed by atoms with van der Waals surface area (Å²) in [6.07, 6.45) is 0. The molecule has 4 rings (SSSR count). The van der Waals surface area contributed by atoms with E-state index in [1.807, 2.05) is 18.2 Å². The smallest absolute Gasteiger partial charge is 0.294 e. The predicted octanol–water partition coefficient (Wildman–Crippen LogP) is 2.96. The molecule has 1 saturated heterocycles. The third-order valence-electron chi connectivity index (χ3n) is 5.14. The van der Waals surface area contributed by atoms with Crippen molar-refractivity contribution in [3.05, 3.63) is 38.9 Å². The predicted molar refractivity (Wildman–Crippen MR) is 102 cm³/mol. The Morgan fingerprint density at radius 3 is 2.76 bits per heavy atom. The molecule has 3 heterocycles. The highest BCUT2D eigenvalue weighted by atomic mass is 79.9. The normalized spacial score (nSPS) is 22.9. The number of halogens is 1. The number of aromatic nitrogens is 2. The molecule has 6 nitrogen and oxygen atoms in total. The lowest BCUT2D eigenvalue weighted by Gasteiger charge is -2.42. The second kappa shape index (κ2) is 6.23.